The number of hydrogen-bond donors (Lipinski definition) is 2. The second-order valence-corrected chi connectivity index (χ2v) is 5.63. The van der Waals surface area contributed by atoms with Gasteiger partial charge in [0.2, 0.25) is 0 Å². The number of carbonyl (C=O) groups excluding carboxylic acids is 1. The quantitative estimate of drug-likeness (QED) is 0.668. The van der Waals surface area contributed by atoms with Gasteiger partial charge in [-0.05, 0) is 36.4 Å². The summed E-state index contributed by atoms with van der Waals surface area (Å²) in [6.07, 6.45) is -4.62. The number of rotatable bonds is 2. The Morgan fingerprint density at radius 1 is 1.09 bits per heavy atom. The fourth-order valence-electron chi connectivity index (χ4n) is 1.71. The molecule has 116 valence electrons. The third kappa shape index (κ3) is 4.38. The molecule has 2 N–H and O–H groups in total. The van der Waals surface area contributed by atoms with E-state index in [0.29, 0.717) is 5.69 Å². The lowest BCUT2D eigenvalue weighted by Gasteiger charge is -2.14. The van der Waals surface area contributed by atoms with E-state index in [0.717, 1.165) is 16.6 Å². The topological polar surface area (TPSA) is 41.1 Å². The van der Waals surface area contributed by atoms with Gasteiger partial charge in [0.1, 0.15) is 0 Å². The standard InChI is InChI=1S/C14H9BrClF3N2O/c15-8-2-1-3-10(6-8)20-13(22)21-12-5-4-9(16)7-11(12)14(17,18)19/h1-7H,(H2,20,21,22). The van der Waals surface area contributed by atoms with Gasteiger partial charge in [-0.15, -0.1) is 0 Å². The third-order valence-corrected chi connectivity index (χ3v) is 3.35. The number of nitrogens with one attached hydrogen (secondary N) is 2. The monoisotopic (exact) mass is 392 g/mol. The Morgan fingerprint density at radius 2 is 1.82 bits per heavy atom. The minimum Gasteiger partial charge on any atom is -0.308 e. The van der Waals surface area contributed by atoms with Crippen LogP contribution in [-0.4, -0.2) is 6.03 Å². The largest absolute Gasteiger partial charge is 0.418 e. The lowest BCUT2D eigenvalue weighted by Crippen LogP contribution is -2.21. The molecule has 22 heavy (non-hydrogen) atoms. The van der Waals surface area contributed by atoms with E-state index < -0.39 is 17.8 Å². The molecular weight excluding hydrogens is 385 g/mol. The maximum Gasteiger partial charge on any atom is 0.418 e. The van der Waals surface area contributed by atoms with Crippen molar-refractivity contribution in [1.29, 1.82) is 0 Å². The minimum absolute atomic E-state index is 0.0646. The maximum absolute atomic E-state index is 12.9. The normalized spacial score (nSPS) is 11.1. The van der Waals surface area contributed by atoms with Crippen molar-refractivity contribution in [1.82, 2.24) is 0 Å². The zero-order chi connectivity index (χ0) is 16.3. The number of urea groups is 1. The summed E-state index contributed by atoms with van der Waals surface area (Å²) in [6.45, 7) is 0. The van der Waals surface area contributed by atoms with Gasteiger partial charge in [0, 0.05) is 15.2 Å². The van der Waals surface area contributed by atoms with Gasteiger partial charge >= 0.3 is 12.2 Å². The second kappa shape index (κ2) is 6.58. The molecule has 0 radical (unpaired) electrons. The third-order valence-electron chi connectivity index (χ3n) is 2.62. The molecule has 0 unspecified atom stereocenters. The van der Waals surface area contributed by atoms with E-state index in [-0.39, 0.29) is 10.7 Å². The van der Waals surface area contributed by atoms with Crippen LogP contribution >= 0.6 is 27.5 Å². The lowest BCUT2D eigenvalue weighted by molar-refractivity contribution is -0.136. The molecule has 2 rings (SSSR count). The van der Waals surface area contributed by atoms with Crippen molar-refractivity contribution in [3.05, 3.63) is 57.5 Å². The number of carbonyl (C=O) groups is 1. The Labute approximate surface area is 137 Å². The van der Waals surface area contributed by atoms with Gasteiger partial charge in [-0.1, -0.05) is 33.6 Å². The summed E-state index contributed by atoms with van der Waals surface area (Å²) in [7, 11) is 0. The molecule has 0 aromatic heterocycles. The van der Waals surface area contributed by atoms with Crippen molar-refractivity contribution >= 4 is 44.9 Å². The molecule has 2 aromatic rings. The summed E-state index contributed by atoms with van der Waals surface area (Å²) in [6, 6.07) is 9.01. The number of benzene rings is 2. The maximum atomic E-state index is 12.9. The highest BCUT2D eigenvalue weighted by Gasteiger charge is 2.34. The van der Waals surface area contributed by atoms with Crippen molar-refractivity contribution in [3.8, 4) is 0 Å². The molecule has 2 aromatic carbocycles. The summed E-state index contributed by atoms with van der Waals surface area (Å²) >= 11 is 8.80. The van der Waals surface area contributed by atoms with Gasteiger partial charge in [0.05, 0.1) is 11.3 Å². The first-order valence-electron chi connectivity index (χ1n) is 5.96. The van der Waals surface area contributed by atoms with E-state index in [2.05, 4.69) is 26.6 Å². The van der Waals surface area contributed by atoms with Crippen LogP contribution < -0.4 is 10.6 Å². The molecule has 0 heterocycles. The van der Waals surface area contributed by atoms with Crippen molar-refractivity contribution in [2.75, 3.05) is 10.6 Å². The zero-order valence-corrected chi connectivity index (χ0v) is 13.2. The van der Waals surface area contributed by atoms with Gasteiger partial charge in [0.15, 0.2) is 0 Å². The average molecular weight is 394 g/mol. The molecule has 8 heteroatoms. The molecule has 0 saturated heterocycles. The molecular formula is C14H9BrClF3N2O. The first-order valence-corrected chi connectivity index (χ1v) is 7.13. The van der Waals surface area contributed by atoms with Crippen molar-refractivity contribution in [3.63, 3.8) is 0 Å². The number of halogens is 5. The van der Waals surface area contributed by atoms with Gasteiger partial charge < -0.3 is 10.6 Å². The van der Waals surface area contributed by atoms with E-state index in [1.807, 2.05) is 0 Å². The molecule has 0 atom stereocenters. The van der Waals surface area contributed by atoms with Gasteiger partial charge in [-0.3, -0.25) is 0 Å². The molecule has 0 aliphatic carbocycles. The highest BCUT2D eigenvalue weighted by atomic mass is 79.9. The Balaban J connectivity index is 2.18. The molecule has 2 amide bonds. The second-order valence-electron chi connectivity index (χ2n) is 4.28. The SMILES string of the molecule is O=C(Nc1cccc(Br)c1)Nc1ccc(Cl)cc1C(F)(F)F. The molecule has 0 aliphatic heterocycles. The number of amides is 2. The Bertz CT molecular complexity index is 707. The van der Waals surface area contributed by atoms with E-state index in [1.54, 1.807) is 24.3 Å². The summed E-state index contributed by atoms with van der Waals surface area (Å²) < 4.78 is 39.5. The van der Waals surface area contributed by atoms with Crippen molar-refractivity contribution in [2.45, 2.75) is 6.18 Å². The minimum atomic E-state index is -4.62. The van der Waals surface area contributed by atoms with Crippen LogP contribution in [-0.2, 0) is 6.18 Å². The van der Waals surface area contributed by atoms with E-state index in [4.69, 9.17) is 11.6 Å². The van der Waals surface area contributed by atoms with Crippen LogP contribution in [0.1, 0.15) is 5.56 Å². The zero-order valence-electron chi connectivity index (χ0n) is 10.8. The fraction of sp³-hybridized carbons (Fsp3) is 0.0714. The highest BCUT2D eigenvalue weighted by Crippen LogP contribution is 2.36. The molecule has 0 bridgehead atoms. The molecule has 3 nitrogen and oxygen atoms in total. The predicted molar refractivity (Wildman–Crippen MR) is 83.2 cm³/mol. The van der Waals surface area contributed by atoms with Crippen LogP contribution in [0.15, 0.2) is 46.9 Å². The predicted octanol–water partition coefficient (Wildman–Crippen LogP) is 5.77. The Kier molecular flexibility index (Phi) is 4.97. The molecule has 0 fully saturated rings. The van der Waals surface area contributed by atoms with Gasteiger partial charge in [-0.2, -0.15) is 13.2 Å². The van der Waals surface area contributed by atoms with Crippen molar-refractivity contribution < 1.29 is 18.0 Å². The van der Waals surface area contributed by atoms with Gasteiger partial charge in [0.25, 0.3) is 0 Å². The van der Waals surface area contributed by atoms with Crippen LogP contribution in [0.2, 0.25) is 5.02 Å². The molecule has 0 spiro atoms. The smallest absolute Gasteiger partial charge is 0.308 e. The number of anilines is 2. The van der Waals surface area contributed by atoms with Gasteiger partial charge in [-0.25, -0.2) is 4.79 Å². The highest BCUT2D eigenvalue weighted by molar-refractivity contribution is 9.10. The van der Waals surface area contributed by atoms with Crippen LogP contribution in [0.3, 0.4) is 0 Å². The summed E-state index contributed by atoms with van der Waals surface area (Å²) in [4.78, 5) is 11.8. The molecule has 0 aliphatic rings. The summed E-state index contributed by atoms with van der Waals surface area (Å²) in [5.41, 5.74) is -0.941. The Hall–Kier alpha value is -1.73. The van der Waals surface area contributed by atoms with Crippen LogP contribution in [0, 0.1) is 0 Å². The lowest BCUT2D eigenvalue weighted by atomic mass is 10.1. The van der Waals surface area contributed by atoms with E-state index >= 15 is 0 Å². The summed E-state index contributed by atoms with van der Waals surface area (Å²) in [5, 5.41) is 4.55. The average Bonchev–Trinajstić information content (AvgIpc) is 2.39. The Morgan fingerprint density at radius 3 is 2.45 bits per heavy atom. The fourth-order valence-corrected chi connectivity index (χ4v) is 2.28. The van der Waals surface area contributed by atoms with E-state index in [1.165, 1.54) is 6.07 Å². The molecule has 0 saturated carbocycles. The van der Waals surface area contributed by atoms with Crippen LogP contribution in [0.5, 0.6) is 0 Å². The first kappa shape index (κ1) is 16.6. The van der Waals surface area contributed by atoms with Crippen molar-refractivity contribution in [2.24, 2.45) is 0 Å². The summed E-state index contributed by atoms with van der Waals surface area (Å²) in [5.74, 6) is 0. The van der Waals surface area contributed by atoms with Crippen LogP contribution in [0.4, 0.5) is 29.3 Å². The number of alkyl halides is 3. The van der Waals surface area contributed by atoms with E-state index in [9.17, 15) is 18.0 Å². The first-order chi connectivity index (χ1) is 10.3. The van der Waals surface area contributed by atoms with Crippen LogP contribution in [0.25, 0.3) is 0 Å². The number of hydrogen-bond acceptors (Lipinski definition) is 1.